The molecule has 0 spiro atoms. The van der Waals surface area contributed by atoms with Gasteiger partial charge in [0.2, 0.25) is 0 Å². The van der Waals surface area contributed by atoms with E-state index >= 15 is 0 Å². The molecule has 3 N–H and O–H groups in total. The summed E-state index contributed by atoms with van der Waals surface area (Å²) in [7, 11) is 0. The fraction of sp³-hybridized carbons (Fsp3) is 0.214. The maximum Gasteiger partial charge on any atom is 0.319 e. The van der Waals surface area contributed by atoms with Gasteiger partial charge in [0.25, 0.3) is 5.56 Å². The van der Waals surface area contributed by atoms with Crippen molar-refractivity contribution in [1.82, 2.24) is 9.97 Å². The van der Waals surface area contributed by atoms with E-state index < -0.39 is 5.25 Å². The van der Waals surface area contributed by atoms with Crippen LogP contribution < -0.4 is 11.3 Å². The molecule has 0 fully saturated rings. The quantitative estimate of drug-likeness (QED) is 0.494. The zero-order chi connectivity index (χ0) is 15.2. The predicted molar refractivity (Wildman–Crippen MR) is 80.8 cm³/mol. The highest BCUT2D eigenvalue weighted by Gasteiger charge is 2.17. The predicted octanol–water partition coefficient (Wildman–Crippen LogP) is 1.58. The molecule has 1 aromatic heterocycles. The molecule has 1 atom stereocenters. The van der Waals surface area contributed by atoms with E-state index in [1.165, 1.54) is 6.07 Å². The lowest BCUT2D eigenvalue weighted by atomic mass is 10.2. The van der Waals surface area contributed by atoms with Crippen LogP contribution in [0.4, 0.5) is 5.82 Å². The monoisotopic (exact) mass is 305 g/mol. The Hall–Kier alpha value is -2.28. The number of H-pyrrole nitrogens is 1. The average molecular weight is 305 g/mol. The van der Waals surface area contributed by atoms with Crippen molar-refractivity contribution in [3.8, 4) is 0 Å². The van der Waals surface area contributed by atoms with Crippen LogP contribution in [0.5, 0.6) is 0 Å². The molecule has 7 heteroatoms. The molecule has 2 rings (SSSR count). The van der Waals surface area contributed by atoms with E-state index in [0.717, 1.165) is 17.3 Å². The third-order valence-electron chi connectivity index (χ3n) is 2.58. The largest absolute Gasteiger partial charge is 0.460 e. The summed E-state index contributed by atoms with van der Waals surface area (Å²) >= 11 is 1.09. The second-order valence-electron chi connectivity index (χ2n) is 4.33. The van der Waals surface area contributed by atoms with E-state index in [2.05, 4.69) is 9.97 Å². The Bertz CT molecular complexity index is 673. The first kappa shape index (κ1) is 15.1. The lowest BCUT2D eigenvalue weighted by molar-refractivity contribution is -0.143. The molecule has 1 heterocycles. The summed E-state index contributed by atoms with van der Waals surface area (Å²) in [4.78, 5) is 29.6. The molecule has 0 aliphatic rings. The summed E-state index contributed by atoms with van der Waals surface area (Å²) < 4.78 is 5.21. The number of anilines is 1. The third-order valence-corrected chi connectivity index (χ3v) is 3.55. The molecular weight excluding hydrogens is 290 g/mol. The highest BCUT2D eigenvalue weighted by molar-refractivity contribution is 8.00. The number of thioether (sulfide) groups is 1. The van der Waals surface area contributed by atoms with Gasteiger partial charge in [-0.25, -0.2) is 4.98 Å². The number of benzene rings is 1. The van der Waals surface area contributed by atoms with Gasteiger partial charge in [0.05, 0.1) is 0 Å². The molecule has 0 bridgehead atoms. The Morgan fingerprint density at radius 1 is 1.43 bits per heavy atom. The van der Waals surface area contributed by atoms with Crippen molar-refractivity contribution in [2.75, 3.05) is 5.73 Å². The molecule has 0 aliphatic carbocycles. The maximum atomic E-state index is 11.9. The van der Waals surface area contributed by atoms with Crippen LogP contribution in [0.25, 0.3) is 0 Å². The number of nitrogen functional groups attached to an aromatic ring is 1. The van der Waals surface area contributed by atoms with E-state index in [0.29, 0.717) is 5.16 Å². The molecule has 1 unspecified atom stereocenters. The number of ether oxygens (including phenoxy) is 1. The van der Waals surface area contributed by atoms with E-state index in [4.69, 9.17) is 10.5 Å². The Labute approximate surface area is 125 Å². The fourth-order valence-electron chi connectivity index (χ4n) is 1.57. The fourth-order valence-corrected chi connectivity index (χ4v) is 2.39. The van der Waals surface area contributed by atoms with Crippen LogP contribution in [0.3, 0.4) is 0 Å². The van der Waals surface area contributed by atoms with E-state index in [1.54, 1.807) is 6.92 Å². The summed E-state index contributed by atoms with van der Waals surface area (Å²) in [5.74, 6) is -0.264. The number of hydrogen-bond donors (Lipinski definition) is 2. The molecule has 0 aliphatic heterocycles. The van der Waals surface area contributed by atoms with Crippen molar-refractivity contribution in [3.05, 3.63) is 52.3 Å². The van der Waals surface area contributed by atoms with E-state index in [1.807, 2.05) is 30.3 Å². The van der Waals surface area contributed by atoms with Gasteiger partial charge in [-0.15, -0.1) is 0 Å². The zero-order valence-electron chi connectivity index (χ0n) is 11.4. The van der Waals surface area contributed by atoms with Crippen LogP contribution in [0, 0.1) is 0 Å². The lowest BCUT2D eigenvalue weighted by Gasteiger charge is -2.10. The minimum atomic E-state index is -0.501. The normalized spacial score (nSPS) is 11.9. The number of carbonyl (C=O) groups is 1. The van der Waals surface area contributed by atoms with Gasteiger partial charge in [-0.3, -0.25) is 9.59 Å². The number of aromatic amines is 1. The minimum absolute atomic E-state index is 0.117. The SMILES string of the molecule is CC(Sc1nc(N)cc(=O)[nH]1)C(=O)OCc1ccccc1. The summed E-state index contributed by atoms with van der Waals surface area (Å²) in [6.07, 6.45) is 0. The van der Waals surface area contributed by atoms with E-state index in [-0.39, 0.29) is 24.0 Å². The number of rotatable bonds is 5. The van der Waals surface area contributed by atoms with Crippen molar-refractivity contribution in [2.24, 2.45) is 0 Å². The van der Waals surface area contributed by atoms with Crippen molar-refractivity contribution in [3.63, 3.8) is 0 Å². The summed E-state index contributed by atoms with van der Waals surface area (Å²) in [5.41, 5.74) is 6.05. The summed E-state index contributed by atoms with van der Waals surface area (Å²) in [6, 6.07) is 10.6. The van der Waals surface area contributed by atoms with Gasteiger partial charge in [0, 0.05) is 6.07 Å². The first-order valence-corrected chi connectivity index (χ1v) is 7.16. The molecule has 0 radical (unpaired) electrons. The molecule has 1 aromatic carbocycles. The minimum Gasteiger partial charge on any atom is -0.460 e. The molecule has 0 amide bonds. The second kappa shape index (κ2) is 6.94. The third kappa shape index (κ3) is 4.64. The Kier molecular flexibility index (Phi) is 4.99. The summed E-state index contributed by atoms with van der Waals surface area (Å²) in [6.45, 7) is 1.90. The van der Waals surface area contributed by atoms with Crippen molar-refractivity contribution >= 4 is 23.5 Å². The van der Waals surface area contributed by atoms with Gasteiger partial charge < -0.3 is 15.5 Å². The molecule has 0 saturated heterocycles. The number of aromatic nitrogens is 2. The number of esters is 1. The molecule has 6 nitrogen and oxygen atoms in total. The number of nitrogens with zero attached hydrogens (tertiary/aromatic N) is 1. The van der Waals surface area contributed by atoms with Crippen molar-refractivity contribution in [1.29, 1.82) is 0 Å². The summed E-state index contributed by atoms with van der Waals surface area (Å²) in [5, 5.41) is -0.206. The van der Waals surface area contributed by atoms with Crippen LogP contribution in [0.2, 0.25) is 0 Å². The van der Waals surface area contributed by atoms with Crippen molar-refractivity contribution < 1.29 is 9.53 Å². The van der Waals surface area contributed by atoms with Crippen LogP contribution in [-0.2, 0) is 16.1 Å². The van der Waals surface area contributed by atoms with Crippen molar-refractivity contribution in [2.45, 2.75) is 23.9 Å². The average Bonchev–Trinajstić information content (AvgIpc) is 2.44. The van der Waals surface area contributed by atoms with Crippen LogP contribution in [-0.4, -0.2) is 21.2 Å². The topological polar surface area (TPSA) is 98.1 Å². The number of hydrogen-bond acceptors (Lipinski definition) is 6. The van der Waals surface area contributed by atoms with Crippen LogP contribution >= 0.6 is 11.8 Å². The molecule has 0 saturated carbocycles. The van der Waals surface area contributed by atoms with Gasteiger partial charge in [0.15, 0.2) is 5.16 Å². The molecular formula is C14H15N3O3S. The number of nitrogens with one attached hydrogen (secondary N) is 1. The first-order valence-electron chi connectivity index (χ1n) is 6.28. The standard InChI is InChI=1S/C14H15N3O3S/c1-9(21-14-16-11(15)7-12(18)17-14)13(19)20-8-10-5-3-2-4-6-10/h2-7,9H,8H2,1H3,(H3,15,16,17,18). The van der Waals surface area contributed by atoms with Gasteiger partial charge in [-0.1, -0.05) is 42.1 Å². The van der Waals surface area contributed by atoms with E-state index in [9.17, 15) is 9.59 Å². The Morgan fingerprint density at radius 3 is 2.81 bits per heavy atom. The van der Waals surface area contributed by atoms with Crippen LogP contribution in [0.15, 0.2) is 46.3 Å². The lowest BCUT2D eigenvalue weighted by Crippen LogP contribution is -2.18. The highest BCUT2D eigenvalue weighted by atomic mass is 32.2. The van der Waals surface area contributed by atoms with Gasteiger partial charge in [-0.2, -0.15) is 0 Å². The van der Waals surface area contributed by atoms with Gasteiger partial charge >= 0.3 is 5.97 Å². The Balaban J connectivity index is 1.92. The second-order valence-corrected chi connectivity index (χ2v) is 5.66. The number of nitrogens with two attached hydrogens (primary N) is 1. The molecule has 110 valence electrons. The van der Waals surface area contributed by atoms with Crippen LogP contribution in [0.1, 0.15) is 12.5 Å². The molecule has 2 aromatic rings. The zero-order valence-corrected chi connectivity index (χ0v) is 12.2. The first-order chi connectivity index (χ1) is 10.0. The van der Waals surface area contributed by atoms with Gasteiger partial charge in [0.1, 0.15) is 17.7 Å². The van der Waals surface area contributed by atoms with Gasteiger partial charge in [-0.05, 0) is 12.5 Å². The highest BCUT2D eigenvalue weighted by Crippen LogP contribution is 2.20. The Morgan fingerprint density at radius 2 is 2.14 bits per heavy atom. The smallest absolute Gasteiger partial charge is 0.319 e. The number of carbonyl (C=O) groups excluding carboxylic acids is 1. The molecule has 21 heavy (non-hydrogen) atoms. The maximum absolute atomic E-state index is 11.9.